The Morgan fingerprint density at radius 2 is 1.60 bits per heavy atom. The Bertz CT molecular complexity index is 1840. The topological polar surface area (TPSA) is 158 Å². The van der Waals surface area contributed by atoms with E-state index in [1.54, 1.807) is 6.07 Å². The number of likely N-dealkylation sites (tertiary alicyclic amines) is 1. The Morgan fingerprint density at radius 1 is 0.942 bits per heavy atom. The molecule has 3 aromatic rings. The monoisotopic (exact) mass is 733 g/mol. The van der Waals surface area contributed by atoms with Crippen LogP contribution in [0.1, 0.15) is 82.6 Å². The summed E-state index contributed by atoms with van der Waals surface area (Å²) < 4.78 is 24.6. The molecule has 1 saturated heterocycles. The molecule has 0 bridgehead atoms. The van der Waals surface area contributed by atoms with Crippen LogP contribution in [0.2, 0.25) is 0 Å². The molecular formula is C40H55N5O6S. The van der Waals surface area contributed by atoms with Crippen molar-refractivity contribution in [2.75, 3.05) is 19.3 Å². The van der Waals surface area contributed by atoms with E-state index in [0.717, 1.165) is 42.9 Å². The summed E-state index contributed by atoms with van der Waals surface area (Å²) in [6.45, 7) is 9.44. The SMILES string of the molecule is CC(C)(C)NC(=O)C1C[C@@H]2CCCC[C@@H]2CN1CC(O)C(Cc1ccccc1)NC(=O)[C@@H](NC(=O)c1cnc2ccccc2c1)C(C)(C)S(C)(=O)=O. The maximum Gasteiger partial charge on any atom is 0.253 e. The largest absolute Gasteiger partial charge is 0.390 e. The first kappa shape index (κ1) is 39.3. The van der Waals surface area contributed by atoms with Gasteiger partial charge in [0.1, 0.15) is 6.04 Å². The van der Waals surface area contributed by atoms with Crippen molar-refractivity contribution in [3.63, 3.8) is 0 Å². The smallest absolute Gasteiger partial charge is 0.253 e. The minimum Gasteiger partial charge on any atom is -0.390 e. The summed E-state index contributed by atoms with van der Waals surface area (Å²) in [4.78, 5) is 48.1. The minimum absolute atomic E-state index is 0.0757. The average Bonchev–Trinajstić information content (AvgIpc) is 3.08. The molecule has 1 aliphatic heterocycles. The Morgan fingerprint density at radius 3 is 2.27 bits per heavy atom. The first-order valence-electron chi connectivity index (χ1n) is 18.4. The molecule has 3 amide bonds. The zero-order valence-corrected chi connectivity index (χ0v) is 32.1. The molecule has 1 aromatic heterocycles. The third-order valence-corrected chi connectivity index (χ3v) is 13.0. The summed E-state index contributed by atoms with van der Waals surface area (Å²) in [5.41, 5.74) is 1.29. The molecular weight excluding hydrogens is 679 g/mol. The number of nitrogens with one attached hydrogen (secondary N) is 3. The lowest BCUT2D eigenvalue weighted by atomic mass is 9.72. The predicted molar refractivity (Wildman–Crippen MR) is 203 cm³/mol. The van der Waals surface area contributed by atoms with Crippen molar-refractivity contribution in [2.45, 2.75) is 108 Å². The average molecular weight is 734 g/mol. The molecule has 2 aliphatic rings. The molecule has 4 N–H and O–H groups in total. The van der Waals surface area contributed by atoms with Gasteiger partial charge in [-0.25, -0.2) is 8.42 Å². The zero-order valence-electron chi connectivity index (χ0n) is 31.3. The molecule has 11 nitrogen and oxygen atoms in total. The van der Waals surface area contributed by atoms with Crippen molar-refractivity contribution in [3.8, 4) is 0 Å². The van der Waals surface area contributed by atoms with E-state index in [9.17, 15) is 27.9 Å². The molecule has 5 rings (SSSR count). The van der Waals surface area contributed by atoms with Gasteiger partial charge in [0.05, 0.1) is 34.0 Å². The van der Waals surface area contributed by atoms with Gasteiger partial charge in [-0.05, 0) is 83.4 Å². The number of amides is 3. The van der Waals surface area contributed by atoms with Crippen LogP contribution in [0.15, 0.2) is 66.9 Å². The number of aromatic nitrogens is 1. The summed E-state index contributed by atoms with van der Waals surface area (Å²) >= 11 is 0. The Kier molecular flexibility index (Phi) is 12.1. The van der Waals surface area contributed by atoms with E-state index < -0.39 is 56.2 Å². The number of pyridine rings is 1. The van der Waals surface area contributed by atoms with Gasteiger partial charge in [-0.15, -0.1) is 0 Å². The van der Waals surface area contributed by atoms with Crippen molar-refractivity contribution in [2.24, 2.45) is 11.8 Å². The number of para-hydroxylation sites is 1. The molecule has 12 heteroatoms. The van der Waals surface area contributed by atoms with Gasteiger partial charge in [0.2, 0.25) is 11.8 Å². The highest BCUT2D eigenvalue weighted by Crippen LogP contribution is 2.39. The van der Waals surface area contributed by atoms with Gasteiger partial charge in [0, 0.05) is 36.5 Å². The highest BCUT2D eigenvalue weighted by atomic mass is 32.2. The van der Waals surface area contributed by atoms with Crippen molar-refractivity contribution in [1.82, 2.24) is 25.8 Å². The molecule has 2 fully saturated rings. The first-order chi connectivity index (χ1) is 24.4. The van der Waals surface area contributed by atoms with Gasteiger partial charge in [-0.1, -0.05) is 67.8 Å². The predicted octanol–water partition coefficient (Wildman–Crippen LogP) is 4.04. The Labute approximate surface area is 308 Å². The van der Waals surface area contributed by atoms with E-state index in [1.165, 1.54) is 20.0 Å². The number of fused-ring (bicyclic) bond motifs is 2. The van der Waals surface area contributed by atoms with Crippen LogP contribution in [0, 0.1) is 11.8 Å². The van der Waals surface area contributed by atoms with E-state index in [1.807, 2.05) is 75.4 Å². The van der Waals surface area contributed by atoms with Gasteiger partial charge >= 0.3 is 0 Å². The third-order valence-electron chi connectivity index (χ3n) is 10.9. The van der Waals surface area contributed by atoms with Crippen molar-refractivity contribution < 1.29 is 27.9 Å². The quantitative estimate of drug-likeness (QED) is 0.217. The lowest BCUT2D eigenvalue weighted by Crippen LogP contribution is -2.64. The number of aliphatic hydroxyl groups is 1. The van der Waals surface area contributed by atoms with Gasteiger partial charge < -0.3 is 21.1 Å². The molecule has 0 radical (unpaired) electrons. The number of nitrogens with zero attached hydrogens (tertiary/aromatic N) is 2. The van der Waals surface area contributed by atoms with E-state index >= 15 is 0 Å². The summed E-state index contributed by atoms with van der Waals surface area (Å²) in [7, 11) is -3.90. The van der Waals surface area contributed by atoms with Crippen LogP contribution in [0.4, 0.5) is 0 Å². The fourth-order valence-corrected chi connectivity index (χ4v) is 8.18. The van der Waals surface area contributed by atoms with Crippen LogP contribution in [0.3, 0.4) is 0 Å². The molecule has 2 heterocycles. The van der Waals surface area contributed by atoms with Crippen LogP contribution < -0.4 is 16.0 Å². The molecule has 0 spiro atoms. The second-order valence-corrected chi connectivity index (χ2v) is 18.9. The van der Waals surface area contributed by atoms with Gasteiger partial charge in [-0.2, -0.15) is 0 Å². The second-order valence-electron chi connectivity index (χ2n) is 16.3. The Hall–Kier alpha value is -3.87. The van der Waals surface area contributed by atoms with Crippen molar-refractivity contribution >= 4 is 38.5 Å². The minimum atomic E-state index is -3.90. The first-order valence-corrected chi connectivity index (χ1v) is 20.3. The highest BCUT2D eigenvalue weighted by Gasteiger charge is 2.46. The number of hydrogen-bond donors (Lipinski definition) is 4. The molecule has 1 saturated carbocycles. The number of aliphatic hydroxyl groups excluding tert-OH is 1. The summed E-state index contributed by atoms with van der Waals surface area (Å²) in [6, 6.07) is 15.5. The Balaban J connectivity index is 1.43. The lowest BCUT2D eigenvalue weighted by molar-refractivity contribution is -0.133. The molecule has 6 atom stereocenters. The van der Waals surface area contributed by atoms with Crippen molar-refractivity contribution in [1.29, 1.82) is 0 Å². The van der Waals surface area contributed by atoms with E-state index in [4.69, 9.17) is 0 Å². The number of piperidine rings is 1. The molecule has 282 valence electrons. The van der Waals surface area contributed by atoms with Crippen LogP contribution in [-0.2, 0) is 25.8 Å². The standard InChI is InChI=1S/C40H55N5O6S/c1-39(2,3)44-37(48)33-22-27-16-10-11-18-29(27)24-45(33)25-34(46)32(20-26-14-8-7-9-15-26)42-38(49)35(40(4,5)52(6,50)51)43-36(47)30-21-28-17-12-13-19-31(28)41-23-30/h7-9,12-15,17,19,21,23,27,29,32-35,46H,10-11,16,18,20,22,24-25H2,1-6H3,(H,42,49)(H,43,47)(H,44,48)/t27-,29+,32?,33?,34?,35+/m0/s1. The van der Waals surface area contributed by atoms with Gasteiger partial charge in [-0.3, -0.25) is 24.3 Å². The molecule has 1 aliphatic carbocycles. The molecule has 52 heavy (non-hydrogen) atoms. The normalized spacial score (nSPS) is 21.7. The summed E-state index contributed by atoms with van der Waals surface area (Å²) in [5, 5.41) is 21.5. The van der Waals surface area contributed by atoms with E-state index in [2.05, 4.69) is 25.8 Å². The zero-order chi connectivity index (χ0) is 37.8. The number of rotatable bonds is 12. The maximum atomic E-state index is 14.3. The van der Waals surface area contributed by atoms with Crippen LogP contribution in [-0.4, -0.2) is 95.0 Å². The van der Waals surface area contributed by atoms with Crippen LogP contribution >= 0.6 is 0 Å². The summed E-state index contributed by atoms with van der Waals surface area (Å²) in [6.07, 6.45) is 6.69. The second kappa shape index (κ2) is 16.0. The number of carbonyl (C=O) groups is 3. The number of hydrogen-bond acceptors (Lipinski definition) is 8. The van der Waals surface area contributed by atoms with Gasteiger partial charge in [0.25, 0.3) is 5.91 Å². The molecule has 3 unspecified atom stereocenters. The fraction of sp³-hybridized carbons (Fsp3) is 0.550. The van der Waals surface area contributed by atoms with Crippen LogP contribution in [0.5, 0.6) is 0 Å². The third kappa shape index (κ3) is 9.56. The molecule has 2 aromatic carbocycles. The van der Waals surface area contributed by atoms with E-state index in [-0.39, 0.29) is 24.4 Å². The van der Waals surface area contributed by atoms with Crippen LogP contribution in [0.25, 0.3) is 10.9 Å². The number of β-amino-alcohol motifs (C(OH)–C–C–N with tert-alkyl or cyclic N) is 1. The fourth-order valence-electron chi connectivity index (χ4n) is 7.59. The number of sulfone groups is 1. The highest BCUT2D eigenvalue weighted by molar-refractivity contribution is 7.92. The number of carbonyl (C=O) groups excluding carboxylic acids is 3. The van der Waals surface area contributed by atoms with E-state index in [0.29, 0.717) is 30.3 Å². The lowest BCUT2D eigenvalue weighted by Gasteiger charge is -2.47. The number of benzene rings is 2. The van der Waals surface area contributed by atoms with Crippen molar-refractivity contribution in [3.05, 3.63) is 78.0 Å². The summed E-state index contributed by atoms with van der Waals surface area (Å²) in [5.74, 6) is -0.614. The maximum absolute atomic E-state index is 14.3. The van der Waals surface area contributed by atoms with Gasteiger partial charge in [0.15, 0.2) is 9.84 Å².